The van der Waals surface area contributed by atoms with Crippen LogP contribution in [-0.2, 0) is 0 Å². The van der Waals surface area contributed by atoms with Crippen LogP contribution in [0.2, 0.25) is 0 Å². The molecule has 0 aromatic rings. The average Bonchev–Trinajstić information content (AvgIpc) is 2.04. The van der Waals surface area contributed by atoms with Crippen LogP contribution in [0.4, 0.5) is 4.79 Å². The third kappa shape index (κ3) is 3.83. The van der Waals surface area contributed by atoms with Crippen molar-refractivity contribution in [3.63, 3.8) is 0 Å². The number of hydrogen-bond donors (Lipinski definition) is 0. The fourth-order valence-corrected chi connectivity index (χ4v) is 0.944. The SMILES string of the molecule is CCCN(CCC)C(=O)N=[N+]=[N-]. The van der Waals surface area contributed by atoms with Crippen molar-refractivity contribution in [3.8, 4) is 0 Å². The van der Waals surface area contributed by atoms with E-state index >= 15 is 0 Å². The predicted molar refractivity (Wildman–Crippen MR) is 46.7 cm³/mol. The van der Waals surface area contributed by atoms with Gasteiger partial charge in [-0.3, -0.25) is 4.79 Å². The van der Waals surface area contributed by atoms with Gasteiger partial charge in [0.2, 0.25) is 0 Å². The molecular formula is C7H14N4O. The van der Waals surface area contributed by atoms with Crippen LogP contribution in [0, 0.1) is 0 Å². The maximum atomic E-state index is 11.0. The van der Waals surface area contributed by atoms with Crippen molar-refractivity contribution in [2.24, 2.45) is 5.11 Å². The molecule has 5 nitrogen and oxygen atoms in total. The lowest BCUT2D eigenvalue weighted by atomic mass is 10.4. The van der Waals surface area contributed by atoms with Crippen LogP contribution in [0.15, 0.2) is 5.11 Å². The van der Waals surface area contributed by atoms with Gasteiger partial charge >= 0.3 is 6.03 Å². The van der Waals surface area contributed by atoms with Gasteiger partial charge < -0.3 is 4.90 Å². The van der Waals surface area contributed by atoms with E-state index in [0.29, 0.717) is 13.1 Å². The Labute approximate surface area is 72.0 Å². The number of amides is 2. The van der Waals surface area contributed by atoms with Crippen LogP contribution < -0.4 is 0 Å². The first-order chi connectivity index (χ1) is 5.76. The smallest absolute Gasteiger partial charge is 0.310 e. The van der Waals surface area contributed by atoms with E-state index in [4.69, 9.17) is 5.53 Å². The molecule has 0 bridgehead atoms. The van der Waals surface area contributed by atoms with E-state index in [1.807, 2.05) is 13.8 Å². The van der Waals surface area contributed by atoms with E-state index in [0.717, 1.165) is 12.8 Å². The summed E-state index contributed by atoms with van der Waals surface area (Å²) in [6, 6.07) is -0.471. The number of azide groups is 1. The molecule has 0 aliphatic carbocycles. The standard InChI is InChI=1S/C7H14N4O/c1-3-5-11(6-4-2)7(12)9-10-8/h3-6H2,1-2H3. The Kier molecular flexibility index (Phi) is 5.83. The van der Waals surface area contributed by atoms with Gasteiger partial charge in [-0.05, 0) is 18.4 Å². The predicted octanol–water partition coefficient (Wildman–Crippen LogP) is 2.54. The van der Waals surface area contributed by atoms with Gasteiger partial charge in [0.15, 0.2) is 0 Å². The van der Waals surface area contributed by atoms with Crippen molar-refractivity contribution in [1.82, 2.24) is 4.90 Å². The highest BCUT2D eigenvalue weighted by molar-refractivity contribution is 5.74. The fraction of sp³-hybridized carbons (Fsp3) is 0.857. The molecule has 5 heteroatoms. The van der Waals surface area contributed by atoms with Gasteiger partial charge in [0, 0.05) is 23.1 Å². The van der Waals surface area contributed by atoms with Gasteiger partial charge in [-0.1, -0.05) is 13.8 Å². The number of hydrogen-bond acceptors (Lipinski definition) is 1. The Morgan fingerprint density at radius 2 is 1.92 bits per heavy atom. The van der Waals surface area contributed by atoms with Gasteiger partial charge in [0.05, 0.1) is 0 Å². The van der Waals surface area contributed by atoms with Crippen molar-refractivity contribution < 1.29 is 4.79 Å². The molecule has 0 rings (SSSR count). The van der Waals surface area contributed by atoms with E-state index in [9.17, 15) is 4.79 Å². The largest absolute Gasteiger partial charge is 0.337 e. The normalized spacial score (nSPS) is 8.83. The number of nitrogens with zero attached hydrogens (tertiary/aromatic N) is 4. The number of rotatable bonds is 4. The number of carbonyl (C=O) groups is 1. The number of carbonyl (C=O) groups excluding carboxylic acids is 1. The highest BCUT2D eigenvalue weighted by Gasteiger charge is 2.07. The molecule has 0 spiro atoms. The molecule has 0 aromatic heterocycles. The Hall–Kier alpha value is -1.22. The second-order valence-electron chi connectivity index (χ2n) is 2.46. The molecular weight excluding hydrogens is 156 g/mol. The zero-order valence-electron chi connectivity index (χ0n) is 7.53. The molecule has 0 N–H and O–H groups in total. The zero-order chi connectivity index (χ0) is 9.40. The summed E-state index contributed by atoms with van der Waals surface area (Å²) in [6.07, 6.45) is 1.76. The Balaban J connectivity index is 4.07. The first kappa shape index (κ1) is 10.8. The summed E-state index contributed by atoms with van der Waals surface area (Å²) >= 11 is 0. The van der Waals surface area contributed by atoms with Gasteiger partial charge in [-0.15, -0.1) is 0 Å². The molecule has 0 saturated carbocycles. The number of urea groups is 1. The lowest BCUT2D eigenvalue weighted by Crippen LogP contribution is -2.29. The highest BCUT2D eigenvalue weighted by Crippen LogP contribution is 1.97. The van der Waals surface area contributed by atoms with Gasteiger partial charge in [-0.25, -0.2) is 0 Å². The molecule has 0 atom stereocenters. The minimum absolute atomic E-state index is 0.471. The summed E-state index contributed by atoms with van der Waals surface area (Å²) in [5.74, 6) is 0. The van der Waals surface area contributed by atoms with Crippen LogP contribution >= 0.6 is 0 Å². The Morgan fingerprint density at radius 3 is 2.25 bits per heavy atom. The monoisotopic (exact) mass is 170 g/mol. The topological polar surface area (TPSA) is 69.1 Å². The van der Waals surface area contributed by atoms with Crippen LogP contribution in [-0.4, -0.2) is 24.0 Å². The first-order valence-electron chi connectivity index (χ1n) is 4.10. The maximum Gasteiger partial charge on any atom is 0.310 e. The van der Waals surface area contributed by atoms with E-state index in [2.05, 4.69) is 10.0 Å². The zero-order valence-corrected chi connectivity index (χ0v) is 7.53. The molecule has 0 radical (unpaired) electrons. The van der Waals surface area contributed by atoms with Crippen LogP contribution in [0.25, 0.3) is 10.4 Å². The second-order valence-corrected chi connectivity index (χ2v) is 2.46. The summed E-state index contributed by atoms with van der Waals surface area (Å²) in [4.78, 5) is 15.0. The summed E-state index contributed by atoms with van der Waals surface area (Å²) in [5.41, 5.74) is 8.03. The van der Waals surface area contributed by atoms with Crippen LogP contribution in [0.5, 0.6) is 0 Å². The van der Waals surface area contributed by atoms with Crippen molar-refractivity contribution in [1.29, 1.82) is 0 Å². The van der Waals surface area contributed by atoms with Crippen molar-refractivity contribution in [2.75, 3.05) is 13.1 Å². The minimum Gasteiger partial charge on any atom is -0.337 e. The molecule has 0 aliphatic rings. The van der Waals surface area contributed by atoms with E-state index < -0.39 is 6.03 Å². The van der Waals surface area contributed by atoms with Gasteiger partial charge in [0.1, 0.15) is 0 Å². The van der Waals surface area contributed by atoms with Crippen molar-refractivity contribution >= 4 is 6.03 Å². The minimum atomic E-state index is -0.471. The lowest BCUT2D eigenvalue weighted by molar-refractivity contribution is 0.207. The van der Waals surface area contributed by atoms with Crippen molar-refractivity contribution in [2.45, 2.75) is 26.7 Å². The average molecular weight is 170 g/mol. The van der Waals surface area contributed by atoms with Gasteiger partial charge in [0.25, 0.3) is 0 Å². The van der Waals surface area contributed by atoms with Crippen LogP contribution in [0.3, 0.4) is 0 Å². The molecule has 0 unspecified atom stereocenters. The fourth-order valence-electron chi connectivity index (χ4n) is 0.944. The lowest BCUT2D eigenvalue weighted by Gasteiger charge is -2.18. The molecule has 12 heavy (non-hydrogen) atoms. The molecule has 0 aromatic carbocycles. The summed E-state index contributed by atoms with van der Waals surface area (Å²) in [5, 5.41) is 3.03. The molecule has 68 valence electrons. The summed E-state index contributed by atoms with van der Waals surface area (Å²) < 4.78 is 0. The third-order valence-corrected chi connectivity index (χ3v) is 1.39. The highest BCUT2D eigenvalue weighted by atomic mass is 16.2. The summed E-state index contributed by atoms with van der Waals surface area (Å²) in [6.45, 7) is 5.27. The molecule has 0 saturated heterocycles. The Bertz CT molecular complexity index is 180. The summed E-state index contributed by atoms with van der Waals surface area (Å²) in [7, 11) is 0. The van der Waals surface area contributed by atoms with Gasteiger partial charge in [-0.2, -0.15) is 0 Å². The van der Waals surface area contributed by atoms with E-state index in [-0.39, 0.29) is 0 Å². The van der Waals surface area contributed by atoms with Crippen molar-refractivity contribution in [3.05, 3.63) is 10.4 Å². The van der Waals surface area contributed by atoms with E-state index in [1.165, 1.54) is 0 Å². The first-order valence-corrected chi connectivity index (χ1v) is 4.10. The quantitative estimate of drug-likeness (QED) is 0.363. The third-order valence-electron chi connectivity index (χ3n) is 1.39. The molecule has 0 aliphatic heterocycles. The molecule has 0 fully saturated rings. The second kappa shape index (κ2) is 6.49. The van der Waals surface area contributed by atoms with Crippen LogP contribution in [0.1, 0.15) is 26.7 Å². The maximum absolute atomic E-state index is 11.0. The molecule has 0 heterocycles. The van der Waals surface area contributed by atoms with E-state index in [1.54, 1.807) is 4.90 Å². The Morgan fingerprint density at radius 1 is 1.42 bits per heavy atom. The molecule has 2 amide bonds.